The molecular formula is C22H23FN4O6S2. The van der Waals surface area contributed by atoms with Crippen LogP contribution in [0.5, 0.6) is 5.75 Å². The highest BCUT2D eigenvalue weighted by Gasteiger charge is 2.47. The average Bonchev–Trinajstić information content (AvgIpc) is 3.14. The summed E-state index contributed by atoms with van der Waals surface area (Å²) in [5, 5.41) is 3.82. The number of aryl methyl sites for hydroxylation is 1. The summed E-state index contributed by atoms with van der Waals surface area (Å²) in [6, 6.07) is 10.9. The number of carbonyl (C=O) groups is 1. The predicted octanol–water partition coefficient (Wildman–Crippen LogP) is 2.52. The minimum Gasteiger partial charge on any atom is -0.308 e. The van der Waals surface area contributed by atoms with Crippen molar-refractivity contribution in [2.24, 2.45) is 4.99 Å². The van der Waals surface area contributed by atoms with Crippen molar-refractivity contribution in [2.45, 2.75) is 25.3 Å². The molecule has 13 heteroatoms. The Morgan fingerprint density at radius 1 is 1.26 bits per heavy atom. The molecule has 2 aliphatic heterocycles. The molecule has 10 nitrogen and oxygen atoms in total. The topological polar surface area (TPSA) is 137 Å². The van der Waals surface area contributed by atoms with Gasteiger partial charge in [0.25, 0.3) is 17.2 Å². The van der Waals surface area contributed by atoms with Crippen LogP contribution in [0.2, 0.25) is 0 Å². The molecule has 2 aromatic rings. The second-order valence-electron chi connectivity index (χ2n) is 8.22. The summed E-state index contributed by atoms with van der Waals surface area (Å²) in [7, 11) is -3.76. The van der Waals surface area contributed by atoms with Gasteiger partial charge in [0.15, 0.2) is 5.75 Å². The van der Waals surface area contributed by atoms with Crippen LogP contribution < -0.4 is 15.0 Å². The Morgan fingerprint density at radius 3 is 2.66 bits per heavy atom. The highest BCUT2D eigenvalue weighted by Crippen LogP contribution is 2.33. The molecule has 1 saturated heterocycles. The van der Waals surface area contributed by atoms with Gasteiger partial charge in [-0.15, -0.1) is 0 Å². The van der Waals surface area contributed by atoms with Crippen LogP contribution in [-0.4, -0.2) is 51.9 Å². The number of amidine groups is 1. The number of hydrogen-bond donors (Lipinski definition) is 3. The quantitative estimate of drug-likeness (QED) is 0.478. The number of carbonyl (C=O) groups excluding carboxylic acids is 1. The van der Waals surface area contributed by atoms with Crippen LogP contribution in [0.4, 0.5) is 10.2 Å². The van der Waals surface area contributed by atoms with E-state index >= 15 is 0 Å². The van der Waals surface area contributed by atoms with Gasteiger partial charge in [0.1, 0.15) is 11.4 Å². The number of piperidine rings is 1. The molecule has 3 N–H and O–H groups in total. The Morgan fingerprint density at radius 2 is 2.00 bits per heavy atom. The van der Waals surface area contributed by atoms with Gasteiger partial charge in [-0.25, -0.2) is 12.6 Å². The van der Waals surface area contributed by atoms with Crippen LogP contribution in [0.25, 0.3) is 6.08 Å². The molecule has 186 valence electrons. The lowest BCUT2D eigenvalue weighted by molar-refractivity contribution is -0.124. The van der Waals surface area contributed by atoms with Crippen molar-refractivity contribution >= 4 is 44.8 Å². The predicted molar refractivity (Wildman–Crippen MR) is 130 cm³/mol. The molecule has 0 radical (unpaired) electrons. The summed E-state index contributed by atoms with van der Waals surface area (Å²) in [5.74, 6) is -0.0408. The van der Waals surface area contributed by atoms with Crippen molar-refractivity contribution in [1.82, 2.24) is 9.62 Å². The van der Waals surface area contributed by atoms with Crippen LogP contribution in [0.1, 0.15) is 29.5 Å². The number of benzene rings is 2. The molecule has 0 bridgehead atoms. The largest absolute Gasteiger partial charge is 0.308 e. The third-order valence-electron chi connectivity index (χ3n) is 5.98. The lowest BCUT2D eigenvalue weighted by Gasteiger charge is -2.34. The van der Waals surface area contributed by atoms with E-state index in [0.717, 1.165) is 11.0 Å². The van der Waals surface area contributed by atoms with Crippen molar-refractivity contribution in [3.8, 4) is 5.75 Å². The monoisotopic (exact) mass is 522 g/mol. The second kappa shape index (κ2) is 9.85. The van der Waals surface area contributed by atoms with Crippen LogP contribution in [0.3, 0.4) is 0 Å². The van der Waals surface area contributed by atoms with Crippen molar-refractivity contribution in [3.05, 3.63) is 64.6 Å². The summed E-state index contributed by atoms with van der Waals surface area (Å²) >= 11 is -2.20. The highest BCUT2D eigenvalue weighted by atomic mass is 32.2. The van der Waals surface area contributed by atoms with E-state index in [9.17, 15) is 21.9 Å². The molecule has 1 atom stereocenters. The van der Waals surface area contributed by atoms with Gasteiger partial charge in [0.05, 0.1) is 0 Å². The fourth-order valence-electron chi connectivity index (χ4n) is 4.07. The zero-order chi connectivity index (χ0) is 25.2. The van der Waals surface area contributed by atoms with Gasteiger partial charge in [-0.1, -0.05) is 18.2 Å². The van der Waals surface area contributed by atoms with Crippen molar-refractivity contribution < 1.29 is 31.4 Å². The first-order valence-corrected chi connectivity index (χ1v) is 13.2. The van der Waals surface area contributed by atoms with Crippen molar-refractivity contribution in [3.63, 3.8) is 0 Å². The summed E-state index contributed by atoms with van der Waals surface area (Å²) < 4.78 is 61.7. The fourth-order valence-corrected chi connectivity index (χ4v) is 5.58. The minimum absolute atomic E-state index is 0.0161. The lowest BCUT2D eigenvalue weighted by atomic mass is 9.89. The standard InChI is InChI=1S/C22H23FN4O6S2/c1-15-13-18(26-34(29)30)6-5-16(15)7-12-35(31,32)27-10-8-22(9-11-27)21(28)24-20(25-22)17-3-2-4-19(14-17)33-23/h2-7,12-14,26H,8-11H2,1H3,(H,29,30)(H,24,25,28)/b12-7+. The maximum absolute atomic E-state index is 12.9. The number of anilines is 1. The first-order chi connectivity index (χ1) is 16.6. The number of nitrogens with zero attached hydrogens (tertiary/aromatic N) is 2. The van der Waals surface area contributed by atoms with E-state index in [-0.39, 0.29) is 37.6 Å². The Labute approximate surface area is 204 Å². The Bertz CT molecular complexity index is 1340. The smallest absolute Gasteiger partial charge is 0.259 e. The lowest BCUT2D eigenvalue weighted by Crippen LogP contribution is -2.50. The van der Waals surface area contributed by atoms with E-state index in [1.54, 1.807) is 37.3 Å². The SMILES string of the molecule is Cc1cc(NS(=O)O)ccc1/C=C/S(=O)(=O)N1CCC2(CC1)N=C(c1cccc(OF)c1)NC2=O. The fraction of sp³-hybridized carbons (Fsp3) is 0.273. The van der Waals surface area contributed by atoms with Gasteiger partial charge < -0.3 is 5.32 Å². The van der Waals surface area contributed by atoms with E-state index in [2.05, 4.69) is 20.0 Å². The Balaban J connectivity index is 1.45. The normalized spacial score (nSPS) is 18.9. The number of aliphatic imine (C=N–C) groups is 1. The molecule has 2 heterocycles. The minimum atomic E-state index is -3.76. The molecule has 0 aliphatic carbocycles. The van der Waals surface area contributed by atoms with E-state index in [1.807, 2.05) is 0 Å². The van der Waals surface area contributed by atoms with Crippen molar-refractivity contribution in [2.75, 3.05) is 17.8 Å². The molecule has 1 amide bonds. The van der Waals surface area contributed by atoms with Crippen molar-refractivity contribution in [1.29, 1.82) is 0 Å². The maximum atomic E-state index is 12.9. The number of nitrogens with one attached hydrogen (secondary N) is 2. The molecule has 1 unspecified atom stereocenters. The molecule has 0 saturated carbocycles. The number of amides is 1. The maximum Gasteiger partial charge on any atom is 0.259 e. The third-order valence-corrected chi connectivity index (χ3v) is 7.96. The molecule has 1 fully saturated rings. The first-order valence-electron chi connectivity index (χ1n) is 10.6. The summed E-state index contributed by atoms with van der Waals surface area (Å²) in [6.45, 7) is 1.97. The van der Waals surface area contributed by atoms with Gasteiger partial charge in [-0.05, 0) is 61.2 Å². The highest BCUT2D eigenvalue weighted by molar-refractivity contribution is 7.92. The number of hydrogen-bond acceptors (Lipinski definition) is 6. The molecule has 4 rings (SSSR count). The van der Waals surface area contributed by atoms with Crippen LogP contribution in [0.15, 0.2) is 52.9 Å². The Kier molecular flexibility index (Phi) is 7.03. The molecule has 2 aromatic carbocycles. The van der Waals surface area contributed by atoms with Gasteiger partial charge in [0, 0.05) is 34.3 Å². The molecule has 35 heavy (non-hydrogen) atoms. The van der Waals surface area contributed by atoms with Gasteiger partial charge in [0.2, 0.25) is 10.0 Å². The summed E-state index contributed by atoms with van der Waals surface area (Å²) in [4.78, 5) is 21.0. The van der Waals surface area contributed by atoms with E-state index < -0.39 is 26.8 Å². The molecule has 0 aromatic heterocycles. The van der Waals surface area contributed by atoms with Crippen LogP contribution >= 0.6 is 0 Å². The summed E-state index contributed by atoms with van der Waals surface area (Å²) in [6.07, 6.45) is 1.87. The van der Waals surface area contributed by atoms with Crippen LogP contribution in [0, 0.1) is 6.92 Å². The van der Waals surface area contributed by atoms with Gasteiger partial charge in [-0.2, -0.15) is 4.31 Å². The Hall–Kier alpha value is -3.13. The first kappa shape index (κ1) is 25.0. The molecular weight excluding hydrogens is 499 g/mol. The second-order valence-corrected chi connectivity index (χ2v) is 10.7. The van der Waals surface area contributed by atoms with Gasteiger partial charge >= 0.3 is 0 Å². The zero-order valence-electron chi connectivity index (χ0n) is 18.6. The van der Waals surface area contributed by atoms with E-state index in [4.69, 9.17) is 4.55 Å². The molecule has 1 spiro atoms. The third kappa shape index (κ3) is 5.42. The average molecular weight is 523 g/mol. The zero-order valence-corrected chi connectivity index (χ0v) is 20.2. The summed E-state index contributed by atoms with van der Waals surface area (Å²) in [5.41, 5.74) is 1.20. The number of sulfonamides is 1. The number of rotatable bonds is 7. The molecule has 2 aliphatic rings. The van der Waals surface area contributed by atoms with Crippen LogP contribution in [-0.2, 0) is 26.1 Å². The van der Waals surface area contributed by atoms with E-state index in [1.165, 1.54) is 22.5 Å². The number of halogens is 1. The van der Waals surface area contributed by atoms with Gasteiger partial charge in [-0.3, -0.25) is 24.0 Å². The van der Waals surface area contributed by atoms with E-state index in [0.29, 0.717) is 22.6 Å².